The summed E-state index contributed by atoms with van der Waals surface area (Å²) in [5.74, 6) is 1.02. The van der Waals surface area contributed by atoms with Crippen molar-refractivity contribution in [2.75, 3.05) is 5.75 Å². The largest absolute Gasteiger partial charge is 0.330 e. The fraction of sp³-hybridized carbons (Fsp3) is 0.200. The summed E-state index contributed by atoms with van der Waals surface area (Å²) < 4.78 is 3.92. The molecule has 2 aromatic heterocycles. The molecule has 0 amide bonds. The standard InChI is InChI=1S/C20H16ClN3OS/c21-14-8-6-13(7-9-14)12-24-16-5-2-1-4-15(16)17-18(24)19(25)23-10-3-11-26-20(23)22-17/h1-2,4-9H,3,10-12H2. The van der Waals surface area contributed by atoms with E-state index in [-0.39, 0.29) is 5.56 Å². The highest BCUT2D eigenvalue weighted by molar-refractivity contribution is 7.99. The molecule has 0 fully saturated rings. The van der Waals surface area contributed by atoms with E-state index >= 15 is 0 Å². The quantitative estimate of drug-likeness (QED) is 0.478. The van der Waals surface area contributed by atoms with Crippen LogP contribution in [0, 0.1) is 0 Å². The molecule has 130 valence electrons. The van der Waals surface area contributed by atoms with Gasteiger partial charge in [0.2, 0.25) is 0 Å². The number of rotatable bonds is 2. The van der Waals surface area contributed by atoms with Crippen molar-refractivity contribution in [1.29, 1.82) is 0 Å². The van der Waals surface area contributed by atoms with E-state index in [1.165, 1.54) is 0 Å². The minimum Gasteiger partial charge on any atom is -0.330 e. The molecule has 0 saturated carbocycles. The fourth-order valence-electron chi connectivity index (χ4n) is 3.62. The van der Waals surface area contributed by atoms with Crippen LogP contribution in [0.15, 0.2) is 58.5 Å². The molecule has 0 saturated heterocycles. The Hall–Kier alpha value is -2.24. The number of hydrogen-bond acceptors (Lipinski definition) is 3. The maximum Gasteiger partial charge on any atom is 0.278 e. The number of para-hydroxylation sites is 1. The van der Waals surface area contributed by atoms with Gasteiger partial charge in [-0.05, 0) is 30.2 Å². The van der Waals surface area contributed by atoms with E-state index in [9.17, 15) is 4.79 Å². The Morgan fingerprint density at radius 2 is 1.92 bits per heavy atom. The Balaban J connectivity index is 1.82. The van der Waals surface area contributed by atoms with Crippen LogP contribution in [0.25, 0.3) is 21.9 Å². The monoisotopic (exact) mass is 381 g/mol. The lowest BCUT2D eigenvalue weighted by Crippen LogP contribution is -2.27. The summed E-state index contributed by atoms with van der Waals surface area (Å²) in [6.45, 7) is 1.36. The number of nitrogens with zero attached hydrogens (tertiary/aromatic N) is 3. The van der Waals surface area contributed by atoms with Gasteiger partial charge in [-0.3, -0.25) is 9.36 Å². The van der Waals surface area contributed by atoms with Crippen molar-refractivity contribution < 1.29 is 0 Å². The van der Waals surface area contributed by atoms with E-state index in [1.807, 2.05) is 47.0 Å². The van der Waals surface area contributed by atoms with E-state index in [1.54, 1.807) is 11.8 Å². The molecule has 4 aromatic rings. The highest BCUT2D eigenvalue weighted by Crippen LogP contribution is 2.30. The Bertz CT molecular complexity index is 1190. The molecule has 0 unspecified atom stereocenters. The second-order valence-electron chi connectivity index (χ2n) is 6.48. The molecule has 5 rings (SSSR count). The number of fused-ring (bicyclic) bond motifs is 4. The zero-order valence-corrected chi connectivity index (χ0v) is 15.6. The van der Waals surface area contributed by atoms with E-state index in [0.717, 1.165) is 45.9 Å². The lowest BCUT2D eigenvalue weighted by Gasteiger charge is -2.17. The minimum absolute atomic E-state index is 0.0577. The van der Waals surface area contributed by atoms with E-state index < -0.39 is 0 Å². The molecular weight excluding hydrogens is 366 g/mol. The molecule has 0 spiro atoms. The van der Waals surface area contributed by atoms with E-state index in [0.29, 0.717) is 17.1 Å². The molecule has 0 aliphatic carbocycles. The van der Waals surface area contributed by atoms with Crippen LogP contribution in [0.1, 0.15) is 12.0 Å². The lowest BCUT2D eigenvalue weighted by atomic mass is 10.2. The Morgan fingerprint density at radius 1 is 1.12 bits per heavy atom. The number of halogens is 1. The van der Waals surface area contributed by atoms with Crippen molar-refractivity contribution in [2.45, 2.75) is 24.7 Å². The van der Waals surface area contributed by atoms with Gasteiger partial charge in [-0.25, -0.2) is 4.98 Å². The third kappa shape index (κ3) is 2.46. The van der Waals surface area contributed by atoms with Gasteiger partial charge in [-0.2, -0.15) is 0 Å². The Morgan fingerprint density at radius 3 is 2.77 bits per heavy atom. The van der Waals surface area contributed by atoms with Crippen LogP contribution in [0.5, 0.6) is 0 Å². The predicted molar refractivity (Wildman–Crippen MR) is 107 cm³/mol. The van der Waals surface area contributed by atoms with Crippen LogP contribution in [0.2, 0.25) is 5.02 Å². The van der Waals surface area contributed by atoms with Crippen LogP contribution >= 0.6 is 23.4 Å². The molecule has 26 heavy (non-hydrogen) atoms. The molecular formula is C20H16ClN3OS. The SMILES string of the molecule is O=c1c2c(nc3n1CCCS3)c1ccccc1n2Cc1ccc(Cl)cc1. The van der Waals surface area contributed by atoms with Gasteiger partial charge in [0.15, 0.2) is 5.16 Å². The van der Waals surface area contributed by atoms with Gasteiger partial charge in [0, 0.05) is 29.3 Å². The van der Waals surface area contributed by atoms with Crippen molar-refractivity contribution in [1.82, 2.24) is 14.1 Å². The van der Waals surface area contributed by atoms with Crippen molar-refractivity contribution in [3.05, 3.63) is 69.5 Å². The van der Waals surface area contributed by atoms with Gasteiger partial charge < -0.3 is 4.57 Å². The summed E-state index contributed by atoms with van der Waals surface area (Å²) in [4.78, 5) is 18.1. The summed E-state index contributed by atoms with van der Waals surface area (Å²) in [6, 6.07) is 15.9. The van der Waals surface area contributed by atoms with E-state index in [2.05, 4.69) is 10.6 Å². The van der Waals surface area contributed by atoms with Crippen LogP contribution in [0.4, 0.5) is 0 Å². The second kappa shape index (κ2) is 6.18. The first-order chi connectivity index (χ1) is 12.7. The summed E-state index contributed by atoms with van der Waals surface area (Å²) in [7, 11) is 0. The number of thioether (sulfide) groups is 1. The predicted octanol–water partition coefficient (Wildman–Crippen LogP) is 4.55. The highest BCUT2D eigenvalue weighted by atomic mass is 35.5. The number of benzene rings is 2. The molecule has 1 aliphatic rings. The lowest BCUT2D eigenvalue weighted by molar-refractivity contribution is 0.569. The molecule has 0 radical (unpaired) electrons. The van der Waals surface area contributed by atoms with Crippen LogP contribution < -0.4 is 5.56 Å². The number of hydrogen-bond donors (Lipinski definition) is 0. The third-order valence-corrected chi connectivity index (χ3v) is 6.16. The third-order valence-electron chi connectivity index (χ3n) is 4.84. The Labute approximate surface area is 159 Å². The maximum atomic E-state index is 13.3. The zero-order valence-electron chi connectivity index (χ0n) is 14.0. The zero-order chi connectivity index (χ0) is 17.7. The molecule has 1 aliphatic heterocycles. The van der Waals surface area contributed by atoms with Gasteiger partial charge in [0.1, 0.15) is 11.0 Å². The molecule has 3 heterocycles. The Kier molecular flexibility index (Phi) is 3.80. The van der Waals surface area contributed by atoms with Crippen molar-refractivity contribution >= 4 is 45.3 Å². The van der Waals surface area contributed by atoms with Crippen molar-refractivity contribution in [2.24, 2.45) is 0 Å². The second-order valence-corrected chi connectivity index (χ2v) is 7.98. The highest BCUT2D eigenvalue weighted by Gasteiger charge is 2.21. The molecule has 4 nitrogen and oxygen atoms in total. The first-order valence-electron chi connectivity index (χ1n) is 8.61. The summed E-state index contributed by atoms with van der Waals surface area (Å²) in [6.07, 6.45) is 1.00. The fourth-order valence-corrected chi connectivity index (χ4v) is 4.68. The average molecular weight is 382 g/mol. The summed E-state index contributed by atoms with van der Waals surface area (Å²) in [5.41, 5.74) is 3.69. The average Bonchev–Trinajstić information content (AvgIpc) is 2.98. The van der Waals surface area contributed by atoms with Gasteiger partial charge >= 0.3 is 0 Å². The van der Waals surface area contributed by atoms with Gasteiger partial charge in [-0.1, -0.05) is 53.7 Å². The van der Waals surface area contributed by atoms with Crippen molar-refractivity contribution in [3.63, 3.8) is 0 Å². The molecule has 6 heteroatoms. The van der Waals surface area contributed by atoms with Crippen LogP contribution in [0.3, 0.4) is 0 Å². The van der Waals surface area contributed by atoms with Gasteiger partial charge in [0.05, 0.1) is 5.52 Å². The first-order valence-corrected chi connectivity index (χ1v) is 9.98. The van der Waals surface area contributed by atoms with Crippen LogP contribution in [-0.2, 0) is 13.1 Å². The topological polar surface area (TPSA) is 39.8 Å². The minimum atomic E-state index is 0.0577. The van der Waals surface area contributed by atoms with E-state index in [4.69, 9.17) is 16.6 Å². The summed E-state index contributed by atoms with van der Waals surface area (Å²) in [5, 5.41) is 2.58. The van der Waals surface area contributed by atoms with Gasteiger partial charge in [0.25, 0.3) is 5.56 Å². The van der Waals surface area contributed by atoms with Crippen LogP contribution in [-0.4, -0.2) is 19.9 Å². The smallest absolute Gasteiger partial charge is 0.278 e. The van der Waals surface area contributed by atoms with Crippen molar-refractivity contribution in [3.8, 4) is 0 Å². The van der Waals surface area contributed by atoms with Gasteiger partial charge in [-0.15, -0.1) is 0 Å². The molecule has 0 bridgehead atoms. The number of aromatic nitrogens is 3. The maximum absolute atomic E-state index is 13.3. The molecule has 2 aromatic carbocycles. The first kappa shape index (κ1) is 16.0. The molecule has 0 atom stereocenters. The normalized spacial score (nSPS) is 14.0. The molecule has 0 N–H and O–H groups in total. The summed E-state index contributed by atoms with van der Waals surface area (Å²) >= 11 is 7.68.